The van der Waals surface area contributed by atoms with Crippen LogP contribution in [0.15, 0.2) is 0 Å². The average molecular weight is 211 g/mol. The summed E-state index contributed by atoms with van der Waals surface area (Å²) in [6.07, 6.45) is 1.73. The summed E-state index contributed by atoms with van der Waals surface area (Å²) in [4.78, 5) is 0. The minimum atomic E-state index is -0.0648. The van der Waals surface area contributed by atoms with Crippen LogP contribution in [0.25, 0.3) is 0 Å². The first-order valence-electron chi connectivity index (χ1n) is 4.56. The molecule has 2 fully saturated rings. The van der Waals surface area contributed by atoms with E-state index in [-0.39, 0.29) is 24.6 Å². The second kappa shape index (κ2) is 7.53. The molecule has 1 unspecified atom stereocenters. The van der Waals surface area contributed by atoms with Crippen molar-refractivity contribution in [2.45, 2.75) is 25.0 Å². The lowest BCUT2D eigenvalue weighted by atomic mass is 10.3. The van der Waals surface area contributed by atoms with Gasteiger partial charge in [-0.3, -0.25) is 0 Å². The van der Waals surface area contributed by atoms with Gasteiger partial charge in [-0.2, -0.15) is 0 Å². The summed E-state index contributed by atoms with van der Waals surface area (Å²) in [7, 11) is 0. The molecule has 0 aromatic heterocycles. The average Bonchev–Trinajstić information content (AvgIpc) is 2.63. The number of hydrogen-bond acceptors (Lipinski definition) is 4. The molecule has 0 spiro atoms. The van der Waals surface area contributed by atoms with Gasteiger partial charge in [0, 0.05) is 13.1 Å². The van der Waals surface area contributed by atoms with E-state index >= 15 is 0 Å². The molecule has 2 atom stereocenters. The van der Waals surface area contributed by atoms with Crippen LogP contribution in [0.2, 0.25) is 0 Å². The standard InChI is InChI=1S/2C4H9NO.ClH/c2*6-4-1-2-5-3-4;/h2*4-6H,1-3H2;1H/t4-;;/m1../s1. The van der Waals surface area contributed by atoms with Crippen LogP contribution in [0.5, 0.6) is 0 Å². The smallest absolute Gasteiger partial charge is 0.0676 e. The minimum absolute atomic E-state index is 0. The van der Waals surface area contributed by atoms with E-state index in [0.717, 1.165) is 39.0 Å². The lowest BCUT2D eigenvalue weighted by Crippen LogP contribution is -2.11. The van der Waals surface area contributed by atoms with Crippen LogP contribution < -0.4 is 10.6 Å². The van der Waals surface area contributed by atoms with E-state index in [1.54, 1.807) is 0 Å². The molecule has 0 saturated carbocycles. The van der Waals surface area contributed by atoms with Gasteiger partial charge in [0.15, 0.2) is 0 Å². The molecule has 2 aliphatic rings. The van der Waals surface area contributed by atoms with Crippen LogP contribution in [0.1, 0.15) is 12.8 Å². The van der Waals surface area contributed by atoms with E-state index in [0.29, 0.717) is 0 Å². The van der Waals surface area contributed by atoms with Crippen LogP contribution in [-0.2, 0) is 0 Å². The van der Waals surface area contributed by atoms with Crippen molar-refractivity contribution in [2.75, 3.05) is 26.2 Å². The minimum Gasteiger partial charge on any atom is -0.392 e. The van der Waals surface area contributed by atoms with E-state index in [2.05, 4.69) is 10.6 Å². The number of aliphatic hydroxyl groups excluding tert-OH is 2. The van der Waals surface area contributed by atoms with Crippen molar-refractivity contribution in [2.24, 2.45) is 0 Å². The third-order valence-corrected chi connectivity index (χ3v) is 2.07. The SMILES string of the molecule is Cl.OC1CCNC1.O[C@@H]1CCNC1. The van der Waals surface area contributed by atoms with E-state index < -0.39 is 0 Å². The highest BCUT2D eigenvalue weighted by molar-refractivity contribution is 5.85. The van der Waals surface area contributed by atoms with Gasteiger partial charge in [-0.05, 0) is 25.9 Å². The first kappa shape index (κ1) is 13.1. The highest BCUT2D eigenvalue weighted by Crippen LogP contribution is 1.93. The molecular weight excluding hydrogens is 192 g/mol. The highest BCUT2D eigenvalue weighted by atomic mass is 35.5. The Morgan fingerprint density at radius 3 is 1.31 bits per heavy atom. The maximum Gasteiger partial charge on any atom is 0.0676 e. The van der Waals surface area contributed by atoms with Crippen molar-refractivity contribution >= 4 is 12.4 Å². The van der Waals surface area contributed by atoms with Gasteiger partial charge in [0.2, 0.25) is 0 Å². The normalized spacial score (nSPS) is 31.8. The number of aliphatic hydroxyl groups is 2. The van der Waals surface area contributed by atoms with E-state index in [1.165, 1.54) is 0 Å². The number of β-amino-alcohol motifs (C(OH)–C–C–N with tert-alkyl or cyclic N) is 2. The molecule has 2 heterocycles. The summed E-state index contributed by atoms with van der Waals surface area (Å²) in [6, 6.07) is 0. The van der Waals surface area contributed by atoms with Crippen molar-refractivity contribution in [3.05, 3.63) is 0 Å². The molecule has 2 aliphatic heterocycles. The van der Waals surface area contributed by atoms with Gasteiger partial charge in [-0.15, -0.1) is 12.4 Å². The Labute approximate surface area is 85.1 Å². The first-order chi connectivity index (χ1) is 5.79. The van der Waals surface area contributed by atoms with Crippen LogP contribution in [-0.4, -0.2) is 48.6 Å². The van der Waals surface area contributed by atoms with Gasteiger partial charge in [0.1, 0.15) is 0 Å². The molecule has 0 aromatic carbocycles. The van der Waals surface area contributed by atoms with Crippen LogP contribution in [0.3, 0.4) is 0 Å². The van der Waals surface area contributed by atoms with Gasteiger partial charge < -0.3 is 20.8 Å². The Bertz CT molecular complexity index is 101. The van der Waals surface area contributed by atoms with Crippen LogP contribution >= 0.6 is 12.4 Å². The predicted molar refractivity (Wildman–Crippen MR) is 54.2 cm³/mol. The Morgan fingerprint density at radius 2 is 1.23 bits per heavy atom. The lowest BCUT2D eigenvalue weighted by Gasteiger charge is -1.90. The van der Waals surface area contributed by atoms with Gasteiger partial charge >= 0.3 is 0 Å². The molecule has 4 nitrogen and oxygen atoms in total. The molecule has 0 aliphatic carbocycles. The molecule has 13 heavy (non-hydrogen) atoms. The molecule has 0 aromatic rings. The Balaban J connectivity index is 0.000000206. The second-order valence-electron chi connectivity index (χ2n) is 3.29. The monoisotopic (exact) mass is 210 g/mol. The summed E-state index contributed by atoms with van der Waals surface area (Å²) in [5.41, 5.74) is 0. The summed E-state index contributed by atoms with van der Waals surface area (Å²) < 4.78 is 0. The van der Waals surface area contributed by atoms with Crippen molar-refractivity contribution in [1.82, 2.24) is 10.6 Å². The summed E-state index contributed by atoms with van der Waals surface area (Å²) >= 11 is 0. The molecule has 0 bridgehead atoms. The molecular formula is C8H19ClN2O2. The molecule has 0 amide bonds. The Hall–Kier alpha value is 0.130. The Morgan fingerprint density at radius 1 is 0.846 bits per heavy atom. The van der Waals surface area contributed by atoms with Gasteiger partial charge in [0.25, 0.3) is 0 Å². The number of rotatable bonds is 0. The fourth-order valence-corrected chi connectivity index (χ4v) is 1.28. The van der Waals surface area contributed by atoms with E-state index in [9.17, 15) is 0 Å². The lowest BCUT2D eigenvalue weighted by molar-refractivity contribution is 0.196. The molecule has 2 saturated heterocycles. The molecule has 4 N–H and O–H groups in total. The summed E-state index contributed by atoms with van der Waals surface area (Å²) in [6.45, 7) is 3.56. The molecule has 2 rings (SSSR count). The number of hydrogen-bond donors (Lipinski definition) is 4. The molecule has 5 heteroatoms. The van der Waals surface area contributed by atoms with Gasteiger partial charge in [-0.1, -0.05) is 0 Å². The van der Waals surface area contributed by atoms with E-state index in [1.807, 2.05) is 0 Å². The third kappa shape index (κ3) is 6.23. The fourth-order valence-electron chi connectivity index (χ4n) is 1.28. The maximum absolute atomic E-state index is 8.67. The van der Waals surface area contributed by atoms with Gasteiger partial charge in [-0.25, -0.2) is 0 Å². The zero-order valence-electron chi connectivity index (χ0n) is 7.70. The van der Waals surface area contributed by atoms with Crippen molar-refractivity contribution < 1.29 is 10.2 Å². The van der Waals surface area contributed by atoms with Crippen LogP contribution in [0.4, 0.5) is 0 Å². The Kier molecular flexibility index (Phi) is 7.60. The highest BCUT2D eigenvalue weighted by Gasteiger charge is 2.08. The van der Waals surface area contributed by atoms with Crippen molar-refractivity contribution in [3.63, 3.8) is 0 Å². The maximum atomic E-state index is 8.67. The largest absolute Gasteiger partial charge is 0.392 e. The molecule has 80 valence electrons. The fraction of sp³-hybridized carbons (Fsp3) is 1.00. The number of nitrogens with one attached hydrogen (secondary N) is 2. The van der Waals surface area contributed by atoms with Crippen LogP contribution in [0, 0.1) is 0 Å². The van der Waals surface area contributed by atoms with E-state index in [4.69, 9.17) is 10.2 Å². The first-order valence-corrected chi connectivity index (χ1v) is 4.56. The third-order valence-electron chi connectivity index (χ3n) is 2.07. The topological polar surface area (TPSA) is 64.5 Å². The summed E-state index contributed by atoms with van der Waals surface area (Å²) in [5, 5.41) is 23.4. The van der Waals surface area contributed by atoms with Gasteiger partial charge in [0.05, 0.1) is 12.2 Å². The quantitative estimate of drug-likeness (QED) is 0.419. The van der Waals surface area contributed by atoms with Crippen molar-refractivity contribution in [1.29, 1.82) is 0 Å². The zero-order chi connectivity index (χ0) is 8.81. The molecule has 0 radical (unpaired) electrons. The zero-order valence-corrected chi connectivity index (χ0v) is 8.52. The predicted octanol–water partition coefficient (Wildman–Crippen LogP) is -0.897. The number of halogens is 1. The van der Waals surface area contributed by atoms with Crippen molar-refractivity contribution in [3.8, 4) is 0 Å². The summed E-state index contributed by atoms with van der Waals surface area (Å²) in [5.74, 6) is 0. The second-order valence-corrected chi connectivity index (χ2v) is 3.29.